The molecule has 0 unspecified atom stereocenters. The molecule has 2 aromatic carbocycles. The van der Waals surface area contributed by atoms with Gasteiger partial charge in [-0.3, -0.25) is 10.1 Å². The van der Waals surface area contributed by atoms with Gasteiger partial charge in [0, 0.05) is 17.2 Å². The van der Waals surface area contributed by atoms with Gasteiger partial charge < -0.3 is 4.74 Å². The molecule has 0 aromatic heterocycles. The molecule has 1 aliphatic heterocycles. The van der Waals surface area contributed by atoms with Crippen molar-refractivity contribution in [1.82, 2.24) is 0 Å². The maximum atomic E-state index is 12.0. The van der Waals surface area contributed by atoms with E-state index < -0.39 is 10.9 Å². The second-order valence-electron chi connectivity index (χ2n) is 4.81. The van der Waals surface area contributed by atoms with Gasteiger partial charge in [0.1, 0.15) is 0 Å². The number of halogens is 2. The summed E-state index contributed by atoms with van der Waals surface area (Å²) in [6, 6.07) is 10.6. The zero-order valence-corrected chi connectivity index (χ0v) is 13.4. The third-order valence-electron chi connectivity index (χ3n) is 3.19. The Labute approximate surface area is 146 Å². The number of carbonyl (C=O) groups excluding carboxylic acids is 1. The molecular weight excluding hydrogens is 355 g/mol. The van der Waals surface area contributed by atoms with Gasteiger partial charge in [-0.15, -0.1) is 0 Å². The molecule has 0 saturated carbocycles. The number of benzene rings is 2. The van der Waals surface area contributed by atoms with Crippen molar-refractivity contribution in [2.24, 2.45) is 4.99 Å². The largest absolute Gasteiger partial charge is 0.402 e. The number of nitro benzene ring substituents is 1. The number of esters is 1. The summed E-state index contributed by atoms with van der Waals surface area (Å²) in [5, 5.41) is 11.6. The van der Waals surface area contributed by atoms with Crippen LogP contribution in [0.2, 0.25) is 10.0 Å². The predicted octanol–water partition coefficient (Wildman–Crippen LogP) is 4.25. The summed E-state index contributed by atoms with van der Waals surface area (Å²) < 4.78 is 5.08. The van der Waals surface area contributed by atoms with E-state index in [1.54, 1.807) is 24.3 Å². The van der Waals surface area contributed by atoms with Crippen molar-refractivity contribution >= 4 is 46.8 Å². The molecule has 2 aromatic rings. The van der Waals surface area contributed by atoms with Crippen LogP contribution < -0.4 is 0 Å². The molecule has 0 radical (unpaired) electrons. The first-order valence-electron chi connectivity index (χ1n) is 6.66. The summed E-state index contributed by atoms with van der Waals surface area (Å²) in [5.74, 6) is -0.739. The Morgan fingerprint density at radius 1 is 1.12 bits per heavy atom. The number of ether oxygens (including phenoxy) is 1. The van der Waals surface area contributed by atoms with E-state index in [1.165, 1.54) is 24.3 Å². The first kappa shape index (κ1) is 16.2. The van der Waals surface area contributed by atoms with Gasteiger partial charge in [-0.05, 0) is 29.8 Å². The fourth-order valence-corrected chi connectivity index (χ4v) is 2.36. The molecule has 0 amide bonds. The normalized spacial score (nSPS) is 15.3. The highest BCUT2D eigenvalue weighted by Gasteiger charge is 2.27. The van der Waals surface area contributed by atoms with Crippen LogP contribution in [0.5, 0.6) is 0 Å². The van der Waals surface area contributed by atoms with Crippen molar-refractivity contribution in [2.75, 3.05) is 0 Å². The number of hydrogen-bond donors (Lipinski definition) is 0. The third-order valence-corrected chi connectivity index (χ3v) is 3.77. The van der Waals surface area contributed by atoms with E-state index in [0.29, 0.717) is 10.6 Å². The Kier molecular flexibility index (Phi) is 4.33. The van der Waals surface area contributed by atoms with Gasteiger partial charge in [0.2, 0.25) is 5.90 Å². The molecule has 0 atom stereocenters. The first-order valence-corrected chi connectivity index (χ1v) is 7.42. The number of rotatable bonds is 3. The Morgan fingerprint density at radius 3 is 2.50 bits per heavy atom. The lowest BCUT2D eigenvalue weighted by atomic mass is 10.2. The van der Waals surface area contributed by atoms with Crippen LogP contribution in [0.4, 0.5) is 5.69 Å². The topological polar surface area (TPSA) is 81.8 Å². The zero-order chi connectivity index (χ0) is 17.3. The molecule has 0 N–H and O–H groups in total. The quantitative estimate of drug-likeness (QED) is 0.353. The average Bonchev–Trinajstić information content (AvgIpc) is 2.90. The molecule has 6 nitrogen and oxygen atoms in total. The van der Waals surface area contributed by atoms with E-state index in [0.717, 1.165) is 0 Å². The van der Waals surface area contributed by atoms with Gasteiger partial charge in [-0.25, -0.2) is 9.79 Å². The zero-order valence-electron chi connectivity index (χ0n) is 11.9. The van der Waals surface area contributed by atoms with Gasteiger partial charge in [0.25, 0.3) is 5.69 Å². The molecule has 1 aliphatic rings. The Morgan fingerprint density at radius 2 is 1.83 bits per heavy atom. The summed E-state index contributed by atoms with van der Waals surface area (Å²) in [7, 11) is 0. The van der Waals surface area contributed by atoms with Crippen LogP contribution in [0.3, 0.4) is 0 Å². The van der Waals surface area contributed by atoms with Crippen molar-refractivity contribution in [3.63, 3.8) is 0 Å². The van der Waals surface area contributed by atoms with Gasteiger partial charge in [0.05, 0.1) is 15.5 Å². The summed E-state index contributed by atoms with van der Waals surface area (Å²) in [5.41, 5.74) is 0.776. The second-order valence-corrected chi connectivity index (χ2v) is 5.65. The molecule has 1 heterocycles. The van der Waals surface area contributed by atoms with E-state index in [2.05, 4.69) is 4.99 Å². The summed E-state index contributed by atoms with van der Waals surface area (Å²) in [4.78, 5) is 26.3. The predicted molar refractivity (Wildman–Crippen MR) is 90.2 cm³/mol. The van der Waals surface area contributed by atoms with Crippen LogP contribution in [0, 0.1) is 10.1 Å². The van der Waals surface area contributed by atoms with Crippen LogP contribution in [-0.4, -0.2) is 16.8 Å². The molecule has 0 bridgehead atoms. The number of nitrogens with zero attached hydrogens (tertiary/aromatic N) is 2. The molecule has 3 rings (SSSR count). The molecule has 0 saturated heterocycles. The second kappa shape index (κ2) is 6.43. The molecule has 0 spiro atoms. The van der Waals surface area contributed by atoms with Crippen LogP contribution in [0.15, 0.2) is 53.2 Å². The minimum absolute atomic E-state index is 0.0647. The Hall–Kier alpha value is -2.70. The van der Waals surface area contributed by atoms with Crippen molar-refractivity contribution in [2.45, 2.75) is 0 Å². The highest BCUT2D eigenvalue weighted by atomic mass is 35.5. The number of carbonyl (C=O) groups is 1. The fourth-order valence-electron chi connectivity index (χ4n) is 2.03. The molecule has 0 aliphatic carbocycles. The summed E-state index contributed by atoms with van der Waals surface area (Å²) >= 11 is 11.8. The number of nitro groups is 1. The smallest absolute Gasteiger partial charge is 0.363 e. The van der Waals surface area contributed by atoms with E-state index in [9.17, 15) is 14.9 Å². The standard InChI is InChI=1S/C16H8Cl2N2O4/c17-10-3-1-9(2-4-10)7-14-16(21)24-15(19-14)12-8-11(20(22)23)5-6-13(12)18/h1-8H/b14-7-. The number of non-ortho nitro benzene ring substituents is 1. The van der Waals surface area contributed by atoms with Gasteiger partial charge >= 0.3 is 5.97 Å². The van der Waals surface area contributed by atoms with Gasteiger partial charge in [-0.1, -0.05) is 35.3 Å². The lowest BCUT2D eigenvalue weighted by molar-refractivity contribution is -0.384. The van der Waals surface area contributed by atoms with Crippen LogP contribution in [0.1, 0.15) is 11.1 Å². The molecule has 8 heteroatoms. The van der Waals surface area contributed by atoms with E-state index in [1.807, 2.05) is 0 Å². The van der Waals surface area contributed by atoms with Gasteiger partial charge in [0.15, 0.2) is 5.70 Å². The highest BCUT2D eigenvalue weighted by molar-refractivity contribution is 6.34. The average molecular weight is 363 g/mol. The monoisotopic (exact) mass is 362 g/mol. The highest BCUT2D eigenvalue weighted by Crippen LogP contribution is 2.27. The number of cyclic esters (lactones) is 1. The van der Waals surface area contributed by atoms with Crippen molar-refractivity contribution in [3.05, 3.63) is 79.4 Å². The van der Waals surface area contributed by atoms with E-state index >= 15 is 0 Å². The lowest BCUT2D eigenvalue weighted by Gasteiger charge is -2.02. The van der Waals surface area contributed by atoms with Crippen molar-refractivity contribution in [1.29, 1.82) is 0 Å². The SMILES string of the molecule is O=C1OC(c2cc([N+](=O)[O-])ccc2Cl)=N/C1=C\c1ccc(Cl)cc1. The fraction of sp³-hybridized carbons (Fsp3) is 0. The molecule has 24 heavy (non-hydrogen) atoms. The molecule has 120 valence electrons. The minimum Gasteiger partial charge on any atom is -0.402 e. The number of hydrogen-bond acceptors (Lipinski definition) is 5. The molecule has 0 fully saturated rings. The Bertz CT molecular complexity index is 905. The van der Waals surface area contributed by atoms with Crippen LogP contribution in [-0.2, 0) is 9.53 Å². The minimum atomic E-state index is -0.664. The number of aliphatic imine (C=N–C) groups is 1. The van der Waals surface area contributed by atoms with Crippen molar-refractivity contribution < 1.29 is 14.5 Å². The lowest BCUT2D eigenvalue weighted by Crippen LogP contribution is -2.06. The van der Waals surface area contributed by atoms with E-state index in [-0.39, 0.29) is 27.9 Å². The third kappa shape index (κ3) is 3.29. The van der Waals surface area contributed by atoms with Crippen molar-refractivity contribution in [3.8, 4) is 0 Å². The summed E-state index contributed by atoms with van der Waals surface area (Å²) in [6.07, 6.45) is 1.52. The maximum Gasteiger partial charge on any atom is 0.363 e. The maximum absolute atomic E-state index is 12.0. The van der Waals surface area contributed by atoms with E-state index in [4.69, 9.17) is 27.9 Å². The summed E-state index contributed by atoms with van der Waals surface area (Å²) in [6.45, 7) is 0. The first-order chi connectivity index (χ1) is 11.4. The Balaban J connectivity index is 1.99. The molecular formula is C16H8Cl2N2O4. The van der Waals surface area contributed by atoms with Crippen LogP contribution >= 0.6 is 23.2 Å². The van der Waals surface area contributed by atoms with Gasteiger partial charge in [-0.2, -0.15) is 0 Å². The van der Waals surface area contributed by atoms with Crippen LogP contribution in [0.25, 0.3) is 6.08 Å².